The Hall–Kier alpha value is -2.04. The minimum atomic E-state index is 0.229. The molecule has 1 fully saturated rings. The van der Waals surface area contributed by atoms with Crippen LogP contribution in [-0.4, -0.2) is 33.2 Å². The van der Waals surface area contributed by atoms with Crippen LogP contribution in [0.25, 0.3) is 0 Å². The summed E-state index contributed by atoms with van der Waals surface area (Å²) in [5.41, 5.74) is 2.20. The Labute approximate surface area is 137 Å². The van der Waals surface area contributed by atoms with E-state index in [9.17, 15) is 4.79 Å². The summed E-state index contributed by atoms with van der Waals surface area (Å²) in [6, 6.07) is 6.14. The molecule has 0 aliphatic carbocycles. The minimum absolute atomic E-state index is 0.229. The smallest absolute Gasteiger partial charge is 0.223 e. The monoisotopic (exact) mass is 315 g/mol. The average molecular weight is 315 g/mol. The highest BCUT2D eigenvalue weighted by atomic mass is 16.3. The molecular weight excluding hydrogens is 290 g/mol. The number of carbonyl (C=O) groups excluding carboxylic acids is 1. The molecule has 2 aromatic rings. The molecule has 0 unspecified atom stereocenters. The van der Waals surface area contributed by atoms with Gasteiger partial charge in [0, 0.05) is 25.1 Å². The number of piperidine rings is 1. The van der Waals surface area contributed by atoms with E-state index in [2.05, 4.69) is 23.0 Å². The third-order valence-electron chi connectivity index (χ3n) is 4.60. The van der Waals surface area contributed by atoms with Gasteiger partial charge in [-0.1, -0.05) is 0 Å². The summed E-state index contributed by atoms with van der Waals surface area (Å²) in [6.07, 6.45) is 6.19. The van der Waals surface area contributed by atoms with E-state index in [1.807, 2.05) is 23.7 Å². The first-order chi connectivity index (χ1) is 11.1. The molecule has 0 saturated carbocycles. The molecule has 3 heterocycles. The molecule has 124 valence electrons. The van der Waals surface area contributed by atoms with Crippen molar-refractivity contribution in [1.29, 1.82) is 0 Å². The van der Waals surface area contributed by atoms with Crippen molar-refractivity contribution in [3.63, 3.8) is 0 Å². The van der Waals surface area contributed by atoms with E-state index in [0.717, 1.165) is 43.1 Å². The van der Waals surface area contributed by atoms with Crippen molar-refractivity contribution in [2.45, 2.75) is 58.5 Å². The number of aromatic nitrogens is 2. The first kappa shape index (κ1) is 15.8. The quantitative estimate of drug-likeness (QED) is 0.852. The number of hydrogen-bond donors (Lipinski definition) is 0. The molecule has 1 saturated heterocycles. The number of amides is 1. The van der Waals surface area contributed by atoms with Crippen molar-refractivity contribution in [2.75, 3.05) is 6.54 Å². The van der Waals surface area contributed by atoms with Crippen LogP contribution in [0.4, 0.5) is 0 Å². The summed E-state index contributed by atoms with van der Waals surface area (Å²) in [6.45, 7) is 5.75. The van der Waals surface area contributed by atoms with E-state index in [-0.39, 0.29) is 11.9 Å². The number of nitrogens with zero attached hydrogens (tertiary/aromatic N) is 3. The van der Waals surface area contributed by atoms with Gasteiger partial charge < -0.3 is 9.32 Å². The van der Waals surface area contributed by atoms with Gasteiger partial charge in [0.15, 0.2) is 0 Å². The van der Waals surface area contributed by atoms with Crippen LogP contribution in [0.3, 0.4) is 0 Å². The molecule has 1 amide bonds. The SMILES string of the molecule is Cc1cc(C)n(C[C@H]2CCCCN2C(=O)CCc2ccco2)n1. The average Bonchev–Trinajstić information content (AvgIpc) is 3.15. The first-order valence-electron chi connectivity index (χ1n) is 8.46. The molecule has 3 rings (SSSR count). The highest BCUT2D eigenvalue weighted by molar-refractivity contribution is 5.76. The molecule has 5 heteroatoms. The minimum Gasteiger partial charge on any atom is -0.469 e. The lowest BCUT2D eigenvalue weighted by Gasteiger charge is -2.36. The Morgan fingerprint density at radius 3 is 2.96 bits per heavy atom. The zero-order valence-electron chi connectivity index (χ0n) is 14.0. The predicted molar refractivity (Wildman–Crippen MR) is 88.1 cm³/mol. The number of likely N-dealkylation sites (tertiary alicyclic amines) is 1. The van der Waals surface area contributed by atoms with Crippen molar-refractivity contribution in [3.8, 4) is 0 Å². The fourth-order valence-electron chi connectivity index (χ4n) is 3.41. The van der Waals surface area contributed by atoms with Crippen LogP contribution in [0.5, 0.6) is 0 Å². The van der Waals surface area contributed by atoms with Crippen molar-refractivity contribution in [1.82, 2.24) is 14.7 Å². The van der Waals surface area contributed by atoms with Crippen molar-refractivity contribution in [3.05, 3.63) is 41.6 Å². The van der Waals surface area contributed by atoms with Crippen molar-refractivity contribution >= 4 is 5.91 Å². The Bertz CT molecular complexity index is 645. The molecule has 1 aliphatic rings. The largest absolute Gasteiger partial charge is 0.469 e. The maximum absolute atomic E-state index is 12.6. The molecule has 2 aromatic heterocycles. The van der Waals surface area contributed by atoms with Crippen LogP contribution < -0.4 is 0 Å². The Morgan fingerprint density at radius 1 is 1.39 bits per heavy atom. The van der Waals surface area contributed by atoms with Gasteiger partial charge in [0.1, 0.15) is 5.76 Å². The van der Waals surface area contributed by atoms with Gasteiger partial charge in [-0.15, -0.1) is 0 Å². The van der Waals surface area contributed by atoms with Gasteiger partial charge in [-0.2, -0.15) is 5.10 Å². The van der Waals surface area contributed by atoms with E-state index < -0.39 is 0 Å². The fourth-order valence-corrected chi connectivity index (χ4v) is 3.41. The predicted octanol–water partition coefficient (Wildman–Crippen LogP) is 3.11. The number of rotatable bonds is 5. The van der Waals surface area contributed by atoms with Gasteiger partial charge in [0.25, 0.3) is 0 Å². The molecule has 1 aliphatic heterocycles. The Morgan fingerprint density at radius 2 is 2.26 bits per heavy atom. The lowest BCUT2D eigenvalue weighted by Crippen LogP contribution is -2.46. The summed E-state index contributed by atoms with van der Waals surface area (Å²) in [5.74, 6) is 1.11. The molecule has 0 spiro atoms. The summed E-state index contributed by atoms with van der Waals surface area (Å²) in [4.78, 5) is 14.7. The molecule has 0 aromatic carbocycles. The van der Waals surface area contributed by atoms with Gasteiger partial charge >= 0.3 is 0 Å². The zero-order valence-corrected chi connectivity index (χ0v) is 14.0. The summed E-state index contributed by atoms with van der Waals surface area (Å²) >= 11 is 0. The second kappa shape index (κ2) is 7.02. The van der Waals surface area contributed by atoms with Gasteiger partial charge in [0.05, 0.1) is 24.5 Å². The third-order valence-corrected chi connectivity index (χ3v) is 4.60. The van der Waals surface area contributed by atoms with Crippen molar-refractivity contribution in [2.24, 2.45) is 0 Å². The van der Waals surface area contributed by atoms with Crippen LogP contribution >= 0.6 is 0 Å². The number of carbonyl (C=O) groups is 1. The van der Waals surface area contributed by atoms with Gasteiger partial charge in [-0.05, 0) is 51.3 Å². The van der Waals surface area contributed by atoms with Crippen LogP contribution in [0.1, 0.15) is 42.8 Å². The molecule has 0 bridgehead atoms. The molecule has 0 radical (unpaired) electrons. The second-order valence-electron chi connectivity index (χ2n) is 6.43. The first-order valence-corrected chi connectivity index (χ1v) is 8.46. The van der Waals surface area contributed by atoms with E-state index in [1.165, 1.54) is 6.42 Å². The van der Waals surface area contributed by atoms with Crippen molar-refractivity contribution < 1.29 is 9.21 Å². The lowest BCUT2D eigenvalue weighted by atomic mass is 10.0. The topological polar surface area (TPSA) is 51.3 Å². The Balaban J connectivity index is 1.63. The van der Waals surface area contributed by atoms with Crippen LogP contribution in [0, 0.1) is 13.8 Å². The second-order valence-corrected chi connectivity index (χ2v) is 6.43. The molecule has 1 atom stereocenters. The van der Waals surface area contributed by atoms with Crippen LogP contribution in [-0.2, 0) is 17.8 Å². The van der Waals surface area contributed by atoms with Gasteiger partial charge in [-0.3, -0.25) is 9.48 Å². The van der Waals surface area contributed by atoms with Crippen LogP contribution in [0.15, 0.2) is 28.9 Å². The lowest BCUT2D eigenvalue weighted by molar-refractivity contribution is -0.135. The van der Waals surface area contributed by atoms with E-state index in [0.29, 0.717) is 12.8 Å². The molecule has 23 heavy (non-hydrogen) atoms. The van der Waals surface area contributed by atoms with Gasteiger partial charge in [0.2, 0.25) is 5.91 Å². The number of aryl methyl sites for hydroxylation is 3. The molecule has 0 N–H and O–H groups in total. The maximum Gasteiger partial charge on any atom is 0.223 e. The summed E-state index contributed by atoms with van der Waals surface area (Å²) < 4.78 is 7.37. The number of furan rings is 1. The summed E-state index contributed by atoms with van der Waals surface area (Å²) in [7, 11) is 0. The maximum atomic E-state index is 12.6. The molecule has 5 nitrogen and oxygen atoms in total. The summed E-state index contributed by atoms with van der Waals surface area (Å²) in [5, 5.41) is 4.55. The number of hydrogen-bond acceptors (Lipinski definition) is 3. The normalized spacial score (nSPS) is 18.3. The molecular formula is C18H25N3O2. The Kier molecular flexibility index (Phi) is 4.84. The van der Waals surface area contributed by atoms with E-state index >= 15 is 0 Å². The third kappa shape index (κ3) is 3.84. The van der Waals surface area contributed by atoms with E-state index in [4.69, 9.17) is 4.42 Å². The highest BCUT2D eigenvalue weighted by Gasteiger charge is 2.27. The zero-order chi connectivity index (χ0) is 16.2. The standard InChI is InChI=1S/C18H25N3O2/c1-14-12-15(2)21(19-14)13-16-6-3-4-10-20(16)18(22)9-8-17-7-5-11-23-17/h5,7,11-12,16H,3-4,6,8-10,13H2,1-2H3/t16-/m1/s1. The highest BCUT2D eigenvalue weighted by Crippen LogP contribution is 2.21. The van der Waals surface area contributed by atoms with E-state index in [1.54, 1.807) is 6.26 Å². The van der Waals surface area contributed by atoms with Gasteiger partial charge in [-0.25, -0.2) is 0 Å². The van der Waals surface area contributed by atoms with Crippen LogP contribution in [0.2, 0.25) is 0 Å². The fraction of sp³-hybridized carbons (Fsp3) is 0.556.